The van der Waals surface area contributed by atoms with E-state index in [9.17, 15) is 0 Å². The highest BCUT2D eigenvalue weighted by atomic mass is 35.5. The van der Waals surface area contributed by atoms with Gasteiger partial charge in [0, 0.05) is 22.8 Å². The van der Waals surface area contributed by atoms with Gasteiger partial charge in [0.15, 0.2) is 0 Å². The predicted octanol–water partition coefficient (Wildman–Crippen LogP) is 2.60. The SMILES string of the molecule is N=C(N)c1ccc(OCc2ccc(Cl)cc2)nc1. The molecule has 0 saturated heterocycles. The van der Waals surface area contributed by atoms with Crippen molar-refractivity contribution in [2.75, 3.05) is 0 Å². The van der Waals surface area contributed by atoms with Crippen LogP contribution >= 0.6 is 11.6 Å². The van der Waals surface area contributed by atoms with Crippen LogP contribution in [-0.2, 0) is 6.61 Å². The molecule has 1 aromatic carbocycles. The van der Waals surface area contributed by atoms with Crippen molar-refractivity contribution in [1.29, 1.82) is 5.41 Å². The van der Waals surface area contributed by atoms with Crippen molar-refractivity contribution >= 4 is 17.4 Å². The molecule has 5 heteroatoms. The zero-order valence-electron chi connectivity index (χ0n) is 9.56. The number of nitrogen functional groups attached to an aromatic ring is 1. The van der Waals surface area contributed by atoms with Gasteiger partial charge in [-0.1, -0.05) is 23.7 Å². The number of nitrogens with zero attached hydrogens (tertiary/aromatic N) is 1. The van der Waals surface area contributed by atoms with Crippen LogP contribution in [0.1, 0.15) is 11.1 Å². The molecule has 3 N–H and O–H groups in total. The molecule has 0 aliphatic heterocycles. The van der Waals surface area contributed by atoms with Crippen molar-refractivity contribution in [3.8, 4) is 5.88 Å². The number of amidine groups is 1. The molecular formula is C13H12ClN3O. The second-order valence-electron chi connectivity index (χ2n) is 3.71. The number of hydrogen-bond donors (Lipinski definition) is 2. The molecule has 0 aliphatic carbocycles. The highest BCUT2D eigenvalue weighted by Crippen LogP contribution is 2.13. The standard InChI is InChI=1S/C13H12ClN3O/c14-11-4-1-9(2-5-11)8-18-12-6-3-10(7-17-12)13(15)16/h1-7H,8H2,(H3,15,16). The number of halogens is 1. The Hall–Kier alpha value is -2.07. The van der Waals surface area contributed by atoms with E-state index in [0.717, 1.165) is 5.56 Å². The summed E-state index contributed by atoms with van der Waals surface area (Å²) in [4.78, 5) is 4.06. The first-order valence-electron chi connectivity index (χ1n) is 5.33. The Labute approximate surface area is 110 Å². The van der Waals surface area contributed by atoms with E-state index in [1.807, 2.05) is 24.3 Å². The number of nitrogens with two attached hydrogens (primary N) is 1. The second-order valence-corrected chi connectivity index (χ2v) is 4.15. The van der Waals surface area contributed by atoms with Gasteiger partial charge < -0.3 is 10.5 Å². The van der Waals surface area contributed by atoms with Crippen LogP contribution in [0.2, 0.25) is 5.02 Å². The number of nitrogens with one attached hydrogen (secondary N) is 1. The molecule has 0 amide bonds. The third-order valence-electron chi connectivity index (χ3n) is 2.35. The number of rotatable bonds is 4. The van der Waals surface area contributed by atoms with Gasteiger partial charge in [-0.3, -0.25) is 5.41 Å². The minimum atomic E-state index is -0.00764. The molecule has 1 heterocycles. The van der Waals surface area contributed by atoms with Gasteiger partial charge in [-0.15, -0.1) is 0 Å². The van der Waals surface area contributed by atoms with Gasteiger partial charge in [0.2, 0.25) is 5.88 Å². The minimum Gasteiger partial charge on any atom is -0.473 e. The average Bonchev–Trinajstić information content (AvgIpc) is 2.38. The first kappa shape index (κ1) is 12.4. The Morgan fingerprint density at radius 1 is 1.22 bits per heavy atom. The summed E-state index contributed by atoms with van der Waals surface area (Å²) in [7, 11) is 0. The number of aromatic nitrogens is 1. The monoisotopic (exact) mass is 261 g/mol. The lowest BCUT2D eigenvalue weighted by molar-refractivity contribution is 0.294. The van der Waals surface area contributed by atoms with Crippen molar-refractivity contribution in [3.05, 3.63) is 58.7 Å². The van der Waals surface area contributed by atoms with E-state index < -0.39 is 0 Å². The zero-order chi connectivity index (χ0) is 13.0. The molecule has 0 aliphatic rings. The quantitative estimate of drug-likeness (QED) is 0.656. The number of ether oxygens (including phenoxy) is 1. The van der Waals surface area contributed by atoms with E-state index in [-0.39, 0.29) is 5.84 Å². The summed E-state index contributed by atoms with van der Waals surface area (Å²) in [5, 5.41) is 7.94. The summed E-state index contributed by atoms with van der Waals surface area (Å²) in [5.41, 5.74) is 6.92. The maximum Gasteiger partial charge on any atom is 0.213 e. The fourth-order valence-electron chi connectivity index (χ4n) is 1.36. The van der Waals surface area contributed by atoms with Gasteiger partial charge in [0.25, 0.3) is 0 Å². The highest BCUT2D eigenvalue weighted by molar-refractivity contribution is 6.30. The van der Waals surface area contributed by atoms with Crippen molar-refractivity contribution in [2.45, 2.75) is 6.61 Å². The molecule has 92 valence electrons. The van der Waals surface area contributed by atoms with Gasteiger partial charge in [-0.25, -0.2) is 4.98 Å². The highest BCUT2D eigenvalue weighted by Gasteiger charge is 2.00. The molecule has 2 rings (SSSR count). The molecule has 0 bridgehead atoms. The first-order valence-corrected chi connectivity index (χ1v) is 5.70. The van der Waals surface area contributed by atoms with E-state index in [1.165, 1.54) is 6.20 Å². The maximum atomic E-state index is 7.25. The fraction of sp³-hybridized carbons (Fsp3) is 0.0769. The van der Waals surface area contributed by atoms with Crippen molar-refractivity contribution in [1.82, 2.24) is 4.98 Å². The predicted molar refractivity (Wildman–Crippen MR) is 71.0 cm³/mol. The molecule has 0 atom stereocenters. The van der Waals surface area contributed by atoms with Crippen molar-refractivity contribution in [3.63, 3.8) is 0 Å². The smallest absolute Gasteiger partial charge is 0.213 e. The number of pyridine rings is 1. The summed E-state index contributed by atoms with van der Waals surface area (Å²) < 4.78 is 5.50. The molecule has 0 unspecified atom stereocenters. The van der Waals surface area contributed by atoms with Crippen molar-refractivity contribution < 1.29 is 4.74 Å². The molecule has 0 fully saturated rings. The summed E-state index contributed by atoms with van der Waals surface area (Å²) in [6, 6.07) is 10.8. The van der Waals surface area contributed by atoms with E-state index in [2.05, 4.69) is 4.98 Å². The van der Waals surface area contributed by atoms with Gasteiger partial charge in [-0.05, 0) is 23.8 Å². The summed E-state index contributed by atoms with van der Waals surface area (Å²) >= 11 is 5.79. The Balaban J connectivity index is 1.97. The molecular weight excluding hydrogens is 250 g/mol. The van der Waals surface area contributed by atoms with Crippen LogP contribution in [0, 0.1) is 5.41 Å². The molecule has 4 nitrogen and oxygen atoms in total. The van der Waals surface area contributed by atoms with Crippen LogP contribution in [0.25, 0.3) is 0 Å². The summed E-state index contributed by atoms with van der Waals surface area (Å²) in [6.45, 7) is 0.420. The molecule has 0 spiro atoms. The number of hydrogen-bond acceptors (Lipinski definition) is 3. The third kappa shape index (κ3) is 3.21. The van der Waals surface area contributed by atoms with Crippen LogP contribution in [0.5, 0.6) is 5.88 Å². The largest absolute Gasteiger partial charge is 0.473 e. The lowest BCUT2D eigenvalue weighted by atomic mass is 10.2. The summed E-state index contributed by atoms with van der Waals surface area (Å²) in [6.07, 6.45) is 1.51. The normalized spacial score (nSPS) is 10.1. The van der Waals surface area contributed by atoms with E-state index in [0.29, 0.717) is 23.1 Å². The molecule has 2 aromatic rings. The van der Waals surface area contributed by atoms with E-state index in [4.69, 9.17) is 27.5 Å². The topological polar surface area (TPSA) is 72.0 Å². The summed E-state index contributed by atoms with van der Waals surface area (Å²) in [5.74, 6) is 0.488. The van der Waals surface area contributed by atoms with Crippen LogP contribution in [0.3, 0.4) is 0 Å². The van der Waals surface area contributed by atoms with Gasteiger partial charge in [0.1, 0.15) is 12.4 Å². The first-order chi connectivity index (χ1) is 8.65. The lowest BCUT2D eigenvalue weighted by Crippen LogP contribution is -2.11. The third-order valence-corrected chi connectivity index (χ3v) is 2.60. The van der Waals surface area contributed by atoms with Crippen LogP contribution < -0.4 is 10.5 Å². The maximum absolute atomic E-state index is 7.25. The lowest BCUT2D eigenvalue weighted by Gasteiger charge is -2.06. The van der Waals surface area contributed by atoms with Gasteiger partial charge in [0.05, 0.1) is 0 Å². The fourth-order valence-corrected chi connectivity index (χ4v) is 1.49. The Kier molecular flexibility index (Phi) is 3.79. The van der Waals surface area contributed by atoms with Crippen LogP contribution in [0.15, 0.2) is 42.6 Å². The van der Waals surface area contributed by atoms with Crippen LogP contribution in [-0.4, -0.2) is 10.8 Å². The minimum absolute atomic E-state index is 0.00764. The Morgan fingerprint density at radius 2 is 1.94 bits per heavy atom. The van der Waals surface area contributed by atoms with Gasteiger partial charge >= 0.3 is 0 Å². The molecule has 1 aromatic heterocycles. The van der Waals surface area contributed by atoms with Crippen LogP contribution in [0.4, 0.5) is 0 Å². The second kappa shape index (κ2) is 5.51. The van der Waals surface area contributed by atoms with Gasteiger partial charge in [-0.2, -0.15) is 0 Å². The van der Waals surface area contributed by atoms with E-state index in [1.54, 1.807) is 12.1 Å². The van der Waals surface area contributed by atoms with E-state index >= 15 is 0 Å². The zero-order valence-corrected chi connectivity index (χ0v) is 10.3. The Bertz CT molecular complexity index is 537. The average molecular weight is 262 g/mol. The van der Waals surface area contributed by atoms with Crippen molar-refractivity contribution in [2.24, 2.45) is 5.73 Å². The number of benzene rings is 1. The molecule has 0 saturated carbocycles. The molecule has 18 heavy (non-hydrogen) atoms. The Morgan fingerprint density at radius 3 is 2.50 bits per heavy atom. The molecule has 0 radical (unpaired) electrons.